The van der Waals surface area contributed by atoms with E-state index < -0.39 is 17.1 Å². The van der Waals surface area contributed by atoms with Gasteiger partial charge in [0.05, 0.1) is 31.8 Å². The van der Waals surface area contributed by atoms with Crippen LogP contribution in [0.15, 0.2) is 0 Å². The average Bonchev–Trinajstić information content (AvgIpc) is 2.98. The Labute approximate surface area is 228 Å². The Morgan fingerprint density at radius 1 is 0.378 bits per heavy atom. The number of hydrogen-bond acceptors (Lipinski definition) is 6. The van der Waals surface area contributed by atoms with Crippen molar-refractivity contribution >= 4 is 17.1 Å². The van der Waals surface area contributed by atoms with Gasteiger partial charge < -0.3 is 18.1 Å². The molecule has 0 aromatic carbocycles. The second-order valence-corrected chi connectivity index (χ2v) is 15.9. The largest absolute Gasteiger partial charge is 0.321 e. The Bertz CT molecular complexity index is 580. The molecule has 0 unspecified atom stereocenters. The van der Waals surface area contributed by atoms with E-state index in [9.17, 15) is 0 Å². The van der Waals surface area contributed by atoms with Crippen molar-refractivity contribution in [2.24, 2.45) is 5.41 Å². The molecule has 0 bridgehead atoms. The summed E-state index contributed by atoms with van der Waals surface area (Å²) in [5.74, 6) is 0. The fraction of sp³-hybridized carbons (Fsp3) is 1.00. The van der Waals surface area contributed by atoms with E-state index in [1.807, 2.05) is 0 Å². The summed E-state index contributed by atoms with van der Waals surface area (Å²) in [6.07, 6.45) is 27.1. The van der Waals surface area contributed by atoms with Crippen LogP contribution in [0.4, 0.5) is 0 Å². The van der Waals surface area contributed by atoms with E-state index in [4.69, 9.17) is 18.1 Å². The number of rotatable bonds is 6. The highest BCUT2D eigenvalue weighted by Gasteiger charge is 2.49. The Balaban J connectivity index is 1.07. The van der Waals surface area contributed by atoms with Gasteiger partial charge in [0, 0.05) is 24.2 Å². The normalized spacial score (nSPS) is 36.5. The van der Waals surface area contributed by atoms with Gasteiger partial charge in [-0.1, -0.05) is 77.0 Å². The molecule has 2 saturated heterocycles. The summed E-state index contributed by atoms with van der Waals surface area (Å²) in [5.41, 5.74) is -0.132. The van der Waals surface area contributed by atoms with Crippen LogP contribution in [0.1, 0.15) is 128 Å². The minimum Gasteiger partial charge on any atom is -0.321 e. The molecule has 0 radical (unpaired) electrons. The lowest BCUT2D eigenvalue weighted by molar-refractivity contribution is -0.0726. The van der Waals surface area contributed by atoms with Gasteiger partial charge in [-0.3, -0.25) is 0 Å². The summed E-state index contributed by atoms with van der Waals surface area (Å²) in [7, 11) is -1.92. The predicted octanol–water partition coefficient (Wildman–Crippen LogP) is 8.46. The van der Waals surface area contributed by atoms with E-state index in [1.165, 1.54) is 128 Å². The molecule has 212 valence electrons. The van der Waals surface area contributed by atoms with Crippen LogP contribution in [0.5, 0.6) is 0 Å². The van der Waals surface area contributed by atoms with Crippen molar-refractivity contribution < 1.29 is 18.1 Å². The average molecular weight is 555 g/mol. The van der Waals surface area contributed by atoms with E-state index in [1.54, 1.807) is 0 Å². The molecule has 6 aliphatic rings. The molecule has 4 aliphatic carbocycles. The van der Waals surface area contributed by atoms with Crippen LogP contribution in [-0.4, -0.2) is 59.9 Å². The zero-order valence-electron chi connectivity index (χ0n) is 23.2. The third-order valence-electron chi connectivity index (χ3n) is 10.1. The standard InChI is InChI=1S/C29H52N2O4P2/c1-5-13-25(14-6-1)30(26-15-7-2-8-16-26)36-32-21-29(22-33-36)23-34-37(35-24-29)31(27-17-9-3-10-18-27)28-19-11-4-12-20-28/h25-28H,1-24H2. The molecule has 2 aliphatic heterocycles. The monoisotopic (exact) mass is 554 g/mol. The van der Waals surface area contributed by atoms with Crippen LogP contribution in [0.3, 0.4) is 0 Å². The fourth-order valence-corrected chi connectivity index (χ4v) is 12.1. The SMILES string of the molecule is C1CCC(N(C2CCCCC2)P2OCC3(CO2)COP(N(C2CCCCC2)C2CCCCC2)OC3)CC1. The molecule has 6 rings (SSSR count). The lowest BCUT2D eigenvalue weighted by Gasteiger charge is -2.51. The second kappa shape index (κ2) is 13.5. The van der Waals surface area contributed by atoms with Crippen LogP contribution in [0, 0.1) is 5.41 Å². The summed E-state index contributed by atoms with van der Waals surface area (Å²) in [6.45, 7) is 2.91. The molecule has 4 saturated carbocycles. The Morgan fingerprint density at radius 3 is 0.865 bits per heavy atom. The molecule has 6 nitrogen and oxygen atoms in total. The van der Waals surface area contributed by atoms with Crippen molar-refractivity contribution in [1.29, 1.82) is 0 Å². The minimum atomic E-state index is -0.959. The predicted molar refractivity (Wildman–Crippen MR) is 151 cm³/mol. The van der Waals surface area contributed by atoms with Gasteiger partial charge in [-0.05, 0) is 51.4 Å². The topological polar surface area (TPSA) is 43.4 Å². The summed E-state index contributed by atoms with van der Waals surface area (Å²) >= 11 is 0. The summed E-state index contributed by atoms with van der Waals surface area (Å²) in [5, 5.41) is 0. The van der Waals surface area contributed by atoms with Crippen LogP contribution >= 0.6 is 17.1 Å². The summed E-state index contributed by atoms with van der Waals surface area (Å²) < 4.78 is 32.2. The maximum Gasteiger partial charge on any atom is 0.259 e. The molecule has 0 aromatic heterocycles. The third-order valence-corrected chi connectivity index (χ3v) is 13.6. The fourth-order valence-electron chi connectivity index (χ4n) is 7.87. The van der Waals surface area contributed by atoms with Gasteiger partial charge in [-0.15, -0.1) is 0 Å². The van der Waals surface area contributed by atoms with Crippen molar-refractivity contribution in [3.8, 4) is 0 Å². The quantitative estimate of drug-likeness (QED) is 0.307. The van der Waals surface area contributed by atoms with Crippen LogP contribution in [0.2, 0.25) is 0 Å². The molecule has 0 aromatic rings. The molecule has 0 atom stereocenters. The van der Waals surface area contributed by atoms with Crippen molar-refractivity contribution in [2.45, 2.75) is 153 Å². The Kier molecular flexibility index (Phi) is 10.1. The molecule has 37 heavy (non-hydrogen) atoms. The van der Waals surface area contributed by atoms with E-state index in [-0.39, 0.29) is 5.41 Å². The van der Waals surface area contributed by atoms with E-state index in [0.29, 0.717) is 24.2 Å². The number of nitrogens with zero attached hydrogens (tertiary/aromatic N) is 2. The van der Waals surface area contributed by atoms with Crippen molar-refractivity contribution in [2.75, 3.05) is 26.4 Å². The molecule has 0 amide bonds. The van der Waals surface area contributed by atoms with Crippen molar-refractivity contribution in [3.05, 3.63) is 0 Å². The zero-order chi connectivity index (χ0) is 24.9. The van der Waals surface area contributed by atoms with Gasteiger partial charge in [0.25, 0.3) is 17.1 Å². The first-order chi connectivity index (χ1) is 18.3. The highest BCUT2D eigenvalue weighted by Crippen LogP contribution is 2.59. The molecular formula is C29H52N2O4P2. The van der Waals surface area contributed by atoms with Crippen molar-refractivity contribution in [1.82, 2.24) is 9.34 Å². The highest BCUT2D eigenvalue weighted by molar-refractivity contribution is 7.45. The first-order valence-corrected chi connectivity index (χ1v) is 18.3. The van der Waals surface area contributed by atoms with Gasteiger partial charge in [0.1, 0.15) is 0 Å². The van der Waals surface area contributed by atoms with Crippen LogP contribution < -0.4 is 0 Å². The minimum absolute atomic E-state index is 0.132. The first kappa shape index (κ1) is 27.8. The maximum atomic E-state index is 6.67. The van der Waals surface area contributed by atoms with E-state index in [2.05, 4.69) is 9.34 Å². The summed E-state index contributed by atoms with van der Waals surface area (Å²) in [4.78, 5) is 0. The zero-order valence-corrected chi connectivity index (χ0v) is 25.0. The summed E-state index contributed by atoms with van der Waals surface area (Å²) in [6, 6.07) is 2.62. The van der Waals surface area contributed by atoms with Crippen LogP contribution in [-0.2, 0) is 18.1 Å². The smallest absolute Gasteiger partial charge is 0.259 e. The molecule has 6 fully saturated rings. The Morgan fingerprint density at radius 2 is 0.622 bits per heavy atom. The van der Waals surface area contributed by atoms with Gasteiger partial charge in [0.15, 0.2) is 0 Å². The van der Waals surface area contributed by atoms with E-state index >= 15 is 0 Å². The third kappa shape index (κ3) is 6.75. The Hall–Kier alpha value is 0.620. The molecular weight excluding hydrogens is 502 g/mol. The lowest BCUT2D eigenvalue weighted by Crippen LogP contribution is -2.50. The van der Waals surface area contributed by atoms with Gasteiger partial charge in [-0.25, -0.2) is 9.34 Å². The second-order valence-electron chi connectivity index (χ2n) is 13.0. The van der Waals surface area contributed by atoms with Crippen molar-refractivity contribution in [3.63, 3.8) is 0 Å². The first-order valence-electron chi connectivity index (χ1n) is 16.0. The maximum absolute atomic E-state index is 6.67. The number of hydrogen-bond donors (Lipinski definition) is 0. The van der Waals surface area contributed by atoms with Gasteiger partial charge in [-0.2, -0.15) is 0 Å². The van der Waals surface area contributed by atoms with Gasteiger partial charge in [0.2, 0.25) is 0 Å². The molecule has 0 N–H and O–H groups in total. The molecule has 2 heterocycles. The van der Waals surface area contributed by atoms with Crippen LogP contribution in [0.25, 0.3) is 0 Å². The lowest BCUT2D eigenvalue weighted by atomic mass is 9.91. The van der Waals surface area contributed by atoms with Gasteiger partial charge >= 0.3 is 0 Å². The molecule has 1 spiro atoms. The highest BCUT2D eigenvalue weighted by atomic mass is 31.2. The molecule has 8 heteroatoms. The van der Waals surface area contributed by atoms with E-state index in [0.717, 1.165) is 26.4 Å².